The molecule has 0 aliphatic heterocycles. The summed E-state index contributed by atoms with van der Waals surface area (Å²) < 4.78 is 0. The molecule has 0 fully saturated rings. The molecule has 0 bridgehead atoms. The number of nitrogens with zero attached hydrogens (tertiary/aromatic N) is 1. The van der Waals surface area contributed by atoms with Crippen LogP contribution in [-0.2, 0) is 6.54 Å². The van der Waals surface area contributed by atoms with Crippen molar-refractivity contribution in [2.75, 3.05) is 13.6 Å². The van der Waals surface area contributed by atoms with Gasteiger partial charge in [0.1, 0.15) is 0 Å². The summed E-state index contributed by atoms with van der Waals surface area (Å²) in [5.74, 6) is 0. The molecule has 2 aromatic rings. The van der Waals surface area contributed by atoms with E-state index >= 15 is 0 Å². The van der Waals surface area contributed by atoms with Crippen LogP contribution in [0.5, 0.6) is 0 Å². The fourth-order valence-electron chi connectivity index (χ4n) is 3.34. The molecule has 0 aliphatic carbocycles. The maximum Gasteiger partial charge on any atom is 0.0230 e. The van der Waals surface area contributed by atoms with Crippen LogP contribution in [0, 0.1) is 0 Å². The van der Waals surface area contributed by atoms with Gasteiger partial charge in [0.2, 0.25) is 0 Å². The minimum atomic E-state index is 1.05. The first-order valence-electron chi connectivity index (χ1n) is 10.1. The summed E-state index contributed by atoms with van der Waals surface area (Å²) in [6, 6.07) is 19.6. The molecule has 0 radical (unpaired) electrons. The zero-order valence-corrected chi connectivity index (χ0v) is 16.2. The van der Waals surface area contributed by atoms with Crippen LogP contribution in [0.3, 0.4) is 0 Å². The molecule has 0 heterocycles. The third-order valence-corrected chi connectivity index (χ3v) is 4.91. The summed E-state index contributed by atoms with van der Waals surface area (Å²) in [6.45, 7) is 4.53. The molecule has 0 aliphatic rings. The van der Waals surface area contributed by atoms with Crippen molar-refractivity contribution in [1.29, 1.82) is 0 Å². The van der Waals surface area contributed by atoms with Gasteiger partial charge in [-0.15, -0.1) is 0 Å². The third kappa shape index (κ3) is 7.88. The predicted octanol–water partition coefficient (Wildman–Crippen LogP) is 6.93. The number of hydrogen-bond donors (Lipinski definition) is 0. The summed E-state index contributed by atoms with van der Waals surface area (Å²) in [5, 5.41) is 0. The third-order valence-electron chi connectivity index (χ3n) is 4.91. The molecule has 0 saturated heterocycles. The Bertz CT molecular complexity index is 558. The summed E-state index contributed by atoms with van der Waals surface area (Å²) in [7, 11) is 2.24. The van der Waals surface area contributed by atoms with Gasteiger partial charge < -0.3 is 4.90 Å². The highest BCUT2D eigenvalue weighted by molar-refractivity contribution is 5.63. The second-order valence-corrected chi connectivity index (χ2v) is 7.28. The average molecular weight is 338 g/mol. The molecular weight excluding hydrogens is 302 g/mol. The molecule has 0 unspecified atom stereocenters. The van der Waals surface area contributed by atoms with Crippen LogP contribution in [0.15, 0.2) is 54.6 Å². The van der Waals surface area contributed by atoms with Gasteiger partial charge in [-0.05, 0) is 36.7 Å². The summed E-state index contributed by atoms with van der Waals surface area (Å²) in [4.78, 5) is 2.45. The van der Waals surface area contributed by atoms with E-state index in [1.54, 1.807) is 0 Å². The maximum atomic E-state index is 2.45. The van der Waals surface area contributed by atoms with Crippen molar-refractivity contribution in [2.24, 2.45) is 0 Å². The van der Waals surface area contributed by atoms with Crippen molar-refractivity contribution in [3.05, 3.63) is 60.2 Å². The largest absolute Gasteiger partial charge is 0.302 e. The SMILES string of the molecule is CCCCCCCCCCN(C)Cc1ccc(-c2ccccc2)cc1. The van der Waals surface area contributed by atoms with Crippen LogP contribution >= 0.6 is 0 Å². The van der Waals surface area contributed by atoms with Gasteiger partial charge in [0.25, 0.3) is 0 Å². The van der Waals surface area contributed by atoms with Crippen molar-refractivity contribution in [2.45, 2.75) is 64.8 Å². The van der Waals surface area contributed by atoms with Crippen molar-refractivity contribution in [3.8, 4) is 11.1 Å². The molecule has 0 saturated carbocycles. The molecule has 0 amide bonds. The van der Waals surface area contributed by atoms with E-state index in [2.05, 4.69) is 73.5 Å². The lowest BCUT2D eigenvalue weighted by Crippen LogP contribution is -2.19. The molecule has 0 N–H and O–H groups in total. The van der Waals surface area contributed by atoms with E-state index in [-0.39, 0.29) is 0 Å². The van der Waals surface area contributed by atoms with Crippen LogP contribution in [0.25, 0.3) is 11.1 Å². The van der Waals surface area contributed by atoms with E-state index in [9.17, 15) is 0 Å². The second kappa shape index (κ2) is 11.9. The molecule has 1 nitrogen and oxygen atoms in total. The van der Waals surface area contributed by atoms with Crippen LogP contribution in [0.2, 0.25) is 0 Å². The predicted molar refractivity (Wildman–Crippen MR) is 111 cm³/mol. The lowest BCUT2D eigenvalue weighted by atomic mass is 10.0. The minimum absolute atomic E-state index is 1.05. The molecule has 0 spiro atoms. The van der Waals surface area contributed by atoms with Crippen LogP contribution < -0.4 is 0 Å². The van der Waals surface area contributed by atoms with Crippen LogP contribution in [-0.4, -0.2) is 18.5 Å². The van der Waals surface area contributed by atoms with E-state index in [0.717, 1.165) is 6.54 Å². The topological polar surface area (TPSA) is 3.24 Å². The van der Waals surface area contributed by atoms with E-state index in [1.807, 2.05) is 0 Å². The van der Waals surface area contributed by atoms with Crippen molar-refractivity contribution in [1.82, 2.24) is 4.90 Å². The fraction of sp³-hybridized carbons (Fsp3) is 0.500. The normalized spacial score (nSPS) is 11.2. The Labute approximate surface area is 155 Å². The van der Waals surface area contributed by atoms with Gasteiger partial charge in [-0.3, -0.25) is 0 Å². The highest BCUT2D eigenvalue weighted by Crippen LogP contribution is 2.19. The van der Waals surface area contributed by atoms with Gasteiger partial charge >= 0.3 is 0 Å². The van der Waals surface area contributed by atoms with E-state index in [0.29, 0.717) is 0 Å². The number of benzene rings is 2. The van der Waals surface area contributed by atoms with Crippen LogP contribution in [0.1, 0.15) is 63.9 Å². The van der Waals surface area contributed by atoms with Gasteiger partial charge in [0.15, 0.2) is 0 Å². The number of hydrogen-bond acceptors (Lipinski definition) is 1. The molecule has 1 heteroatoms. The van der Waals surface area contributed by atoms with Gasteiger partial charge in [-0.2, -0.15) is 0 Å². The van der Waals surface area contributed by atoms with E-state index in [1.165, 1.54) is 74.6 Å². The average Bonchev–Trinajstić information content (AvgIpc) is 2.65. The quantitative estimate of drug-likeness (QED) is 0.380. The van der Waals surface area contributed by atoms with Crippen molar-refractivity contribution in [3.63, 3.8) is 0 Å². The zero-order chi connectivity index (χ0) is 17.7. The first kappa shape index (κ1) is 19.7. The molecule has 0 atom stereocenters. The Hall–Kier alpha value is -1.60. The fourth-order valence-corrected chi connectivity index (χ4v) is 3.34. The first-order chi connectivity index (χ1) is 12.3. The van der Waals surface area contributed by atoms with E-state index < -0.39 is 0 Å². The molecular formula is C24H35N. The second-order valence-electron chi connectivity index (χ2n) is 7.28. The summed E-state index contributed by atoms with van der Waals surface area (Å²) in [5.41, 5.74) is 4.00. The van der Waals surface area contributed by atoms with Gasteiger partial charge in [-0.25, -0.2) is 0 Å². The highest BCUT2D eigenvalue weighted by atomic mass is 15.1. The van der Waals surface area contributed by atoms with Gasteiger partial charge in [0.05, 0.1) is 0 Å². The van der Waals surface area contributed by atoms with Gasteiger partial charge in [-0.1, -0.05) is 106 Å². The minimum Gasteiger partial charge on any atom is -0.302 e. The Morgan fingerprint density at radius 1 is 0.640 bits per heavy atom. The van der Waals surface area contributed by atoms with Gasteiger partial charge in [0, 0.05) is 6.54 Å². The lowest BCUT2D eigenvalue weighted by molar-refractivity contribution is 0.316. The van der Waals surface area contributed by atoms with Crippen molar-refractivity contribution >= 4 is 0 Å². The Balaban J connectivity index is 1.63. The highest BCUT2D eigenvalue weighted by Gasteiger charge is 2.02. The van der Waals surface area contributed by atoms with Crippen molar-refractivity contribution < 1.29 is 0 Å². The molecule has 136 valence electrons. The number of unbranched alkanes of at least 4 members (excludes halogenated alkanes) is 7. The standard InChI is InChI=1S/C24H35N/c1-3-4-5-6-7-8-9-13-20-25(2)21-22-16-18-24(19-17-22)23-14-11-10-12-15-23/h10-12,14-19H,3-9,13,20-21H2,1-2H3. The Kier molecular flexibility index (Phi) is 9.36. The van der Waals surface area contributed by atoms with Crippen LogP contribution in [0.4, 0.5) is 0 Å². The maximum absolute atomic E-state index is 2.45. The summed E-state index contributed by atoms with van der Waals surface area (Å²) in [6.07, 6.45) is 11.1. The van der Waals surface area contributed by atoms with E-state index in [4.69, 9.17) is 0 Å². The first-order valence-corrected chi connectivity index (χ1v) is 10.1. The zero-order valence-electron chi connectivity index (χ0n) is 16.2. The molecule has 25 heavy (non-hydrogen) atoms. The summed E-state index contributed by atoms with van der Waals surface area (Å²) >= 11 is 0. The lowest BCUT2D eigenvalue weighted by Gasteiger charge is -2.17. The number of rotatable bonds is 12. The smallest absolute Gasteiger partial charge is 0.0230 e. The Morgan fingerprint density at radius 2 is 1.20 bits per heavy atom. The monoisotopic (exact) mass is 337 g/mol. The molecule has 2 aromatic carbocycles. The molecule has 2 rings (SSSR count). The Morgan fingerprint density at radius 3 is 1.84 bits per heavy atom. The molecule has 0 aromatic heterocycles.